The molecular weight excluding hydrogens is 420 g/mol. The van der Waals surface area contributed by atoms with Crippen LogP contribution in [0.4, 0.5) is 5.69 Å². The van der Waals surface area contributed by atoms with Crippen LogP contribution in [-0.4, -0.2) is 27.3 Å². The quantitative estimate of drug-likeness (QED) is 0.366. The number of para-hydroxylation sites is 3. The standard InChI is InChI=1S/C25H24N4O2S/c1-3-31-22-17-11-10-16-21(22)26-24(30)23(19-12-6-4-7-13-19)32-25-28-27-18(2)29(25)20-14-8-5-9-15-20/h4-17,23H,3H2,1-2H3,(H,26,30)/t23-/m1/s1. The lowest BCUT2D eigenvalue weighted by Crippen LogP contribution is -2.20. The van der Waals surface area contributed by atoms with Gasteiger partial charge in [-0.3, -0.25) is 9.36 Å². The minimum atomic E-state index is -0.531. The van der Waals surface area contributed by atoms with E-state index >= 15 is 0 Å². The van der Waals surface area contributed by atoms with Crippen LogP contribution in [-0.2, 0) is 4.79 Å². The molecule has 0 unspecified atom stereocenters. The van der Waals surface area contributed by atoms with E-state index in [1.807, 2.05) is 103 Å². The van der Waals surface area contributed by atoms with Gasteiger partial charge < -0.3 is 10.1 Å². The maximum absolute atomic E-state index is 13.5. The number of amides is 1. The number of anilines is 1. The lowest BCUT2D eigenvalue weighted by atomic mass is 10.1. The van der Waals surface area contributed by atoms with Gasteiger partial charge in [-0.2, -0.15) is 0 Å². The van der Waals surface area contributed by atoms with Crippen molar-refractivity contribution in [3.63, 3.8) is 0 Å². The van der Waals surface area contributed by atoms with Gasteiger partial charge in [-0.25, -0.2) is 0 Å². The monoisotopic (exact) mass is 444 g/mol. The smallest absolute Gasteiger partial charge is 0.242 e. The number of ether oxygens (including phenoxy) is 1. The molecule has 7 heteroatoms. The third kappa shape index (κ3) is 4.84. The van der Waals surface area contributed by atoms with Crippen molar-refractivity contribution in [2.45, 2.75) is 24.3 Å². The van der Waals surface area contributed by atoms with Crippen LogP contribution in [0.1, 0.15) is 23.6 Å². The van der Waals surface area contributed by atoms with Crippen LogP contribution >= 0.6 is 11.8 Å². The van der Waals surface area contributed by atoms with E-state index in [0.29, 0.717) is 23.2 Å². The predicted octanol–water partition coefficient (Wildman–Crippen LogP) is 5.45. The second-order valence-corrected chi connectivity index (χ2v) is 8.10. The number of rotatable bonds is 8. The Labute approximate surface area is 191 Å². The number of carbonyl (C=O) groups excluding carboxylic acids is 1. The number of thioether (sulfide) groups is 1. The van der Waals surface area contributed by atoms with Crippen LogP contribution in [0.15, 0.2) is 90.1 Å². The van der Waals surface area contributed by atoms with Gasteiger partial charge in [0.15, 0.2) is 5.16 Å². The van der Waals surface area contributed by atoms with Crippen molar-refractivity contribution in [3.05, 3.63) is 96.3 Å². The molecule has 0 aliphatic carbocycles. The van der Waals surface area contributed by atoms with Gasteiger partial charge in [-0.05, 0) is 43.7 Å². The first kappa shape index (κ1) is 21.6. The van der Waals surface area contributed by atoms with Crippen LogP contribution in [0.25, 0.3) is 5.69 Å². The molecule has 0 radical (unpaired) electrons. The molecular formula is C25H24N4O2S. The van der Waals surface area contributed by atoms with Gasteiger partial charge in [0.2, 0.25) is 5.91 Å². The Hall–Kier alpha value is -3.58. The first-order chi connectivity index (χ1) is 15.7. The molecule has 0 saturated heterocycles. The Bertz CT molecular complexity index is 1180. The number of nitrogens with one attached hydrogen (secondary N) is 1. The summed E-state index contributed by atoms with van der Waals surface area (Å²) < 4.78 is 7.63. The summed E-state index contributed by atoms with van der Waals surface area (Å²) in [5, 5.41) is 11.8. The number of aromatic nitrogens is 3. The van der Waals surface area contributed by atoms with Gasteiger partial charge in [0.1, 0.15) is 16.8 Å². The molecule has 1 amide bonds. The number of benzene rings is 3. The summed E-state index contributed by atoms with van der Waals surface area (Å²) in [4.78, 5) is 13.5. The molecule has 0 saturated carbocycles. The van der Waals surface area contributed by atoms with Gasteiger partial charge in [0.25, 0.3) is 0 Å². The normalized spacial score (nSPS) is 11.7. The molecule has 0 aliphatic heterocycles. The Morgan fingerprint density at radius 1 is 0.969 bits per heavy atom. The largest absolute Gasteiger partial charge is 0.492 e. The molecule has 162 valence electrons. The zero-order valence-corrected chi connectivity index (χ0v) is 18.8. The van der Waals surface area contributed by atoms with E-state index in [2.05, 4.69) is 15.5 Å². The van der Waals surface area contributed by atoms with Crippen LogP contribution < -0.4 is 10.1 Å². The molecule has 4 aromatic rings. The molecule has 0 bridgehead atoms. The van der Waals surface area contributed by atoms with Crippen molar-refractivity contribution < 1.29 is 9.53 Å². The van der Waals surface area contributed by atoms with Crippen LogP contribution in [0.5, 0.6) is 5.75 Å². The summed E-state index contributed by atoms with van der Waals surface area (Å²) in [7, 11) is 0. The number of carbonyl (C=O) groups is 1. The van der Waals surface area contributed by atoms with Crippen LogP contribution in [0, 0.1) is 6.92 Å². The van der Waals surface area contributed by atoms with E-state index in [-0.39, 0.29) is 5.91 Å². The average molecular weight is 445 g/mol. The highest BCUT2D eigenvalue weighted by Crippen LogP contribution is 2.37. The topological polar surface area (TPSA) is 69.0 Å². The van der Waals surface area contributed by atoms with Gasteiger partial charge in [0.05, 0.1) is 12.3 Å². The van der Waals surface area contributed by atoms with Crippen LogP contribution in [0.2, 0.25) is 0 Å². The number of hydrogen-bond acceptors (Lipinski definition) is 5. The van der Waals surface area contributed by atoms with Crippen LogP contribution in [0.3, 0.4) is 0 Å². The molecule has 1 atom stereocenters. The zero-order valence-electron chi connectivity index (χ0n) is 17.9. The number of nitrogens with zero attached hydrogens (tertiary/aromatic N) is 3. The van der Waals surface area contributed by atoms with E-state index < -0.39 is 5.25 Å². The van der Waals surface area contributed by atoms with Crippen molar-refractivity contribution in [2.75, 3.05) is 11.9 Å². The Morgan fingerprint density at radius 2 is 1.62 bits per heavy atom. The van der Waals surface area contributed by atoms with Crippen molar-refractivity contribution in [2.24, 2.45) is 0 Å². The molecule has 6 nitrogen and oxygen atoms in total. The van der Waals surface area contributed by atoms with Crippen molar-refractivity contribution in [3.8, 4) is 11.4 Å². The second-order valence-electron chi connectivity index (χ2n) is 7.03. The number of hydrogen-bond donors (Lipinski definition) is 1. The van der Waals surface area contributed by atoms with Crippen molar-refractivity contribution in [1.82, 2.24) is 14.8 Å². The predicted molar refractivity (Wildman–Crippen MR) is 127 cm³/mol. The fourth-order valence-corrected chi connectivity index (χ4v) is 4.45. The second kappa shape index (κ2) is 10.2. The summed E-state index contributed by atoms with van der Waals surface area (Å²) in [6, 6.07) is 27.0. The zero-order chi connectivity index (χ0) is 22.3. The minimum Gasteiger partial charge on any atom is -0.492 e. The Morgan fingerprint density at radius 3 is 2.34 bits per heavy atom. The van der Waals surface area contributed by atoms with Crippen molar-refractivity contribution >= 4 is 23.4 Å². The highest BCUT2D eigenvalue weighted by atomic mass is 32.2. The summed E-state index contributed by atoms with van der Waals surface area (Å²) >= 11 is 1.37. The van der Waals surface area contributed by atoms with Gasteiger partial charge in [-0.15, -0.1) is 10.2 Å². The van der Waals surface area contributed by atoms with E-state index in [9.17, 15) is 4.79 Å². The van der Waals surface area contributed by atoms with Gasteiger partial charge in [-0.1, -0.05) is 72.4 Å². The first-order valence-corrected chi connectivity index (χ1v) is 11.3. The third-order valence-corrected chi connectivity index (χ3v) is 6.02. The molecule has 0 spiro atoms. The molecule has 32 heavy (non-hydrogen) atoms. The maximum atomic E-state index is 13.5. The minimum absolute atomic E-state index is 0.159. The lowest BCUT2D eigenvalue weighted by Gasteiger charge is -2.18. The van der Waals surface area contributed by atoms with Gasteiger partial charge >= 0.3 is 0 Å². The molecule has 0 aliphatic rings. The molecule has 1 aromatic heterocycles. The van der Waals surface area contributed by atoms with Gasteiger partial charge in [0, 0.05) is 5.69 Å². The fraction of sp³-hybridized carbons (Fsp3) is 0.160. The summed E-state index contributed by atoms with van der Waals surface area (Å²) in [6.07, 6.45) is 0. The third-order valence-electron chi connectivity index (χ3n) is 4.82. The Balaban J connectivity index is 1.67. The average Bonchev–Trinajstić information content (AvgIpc) is 3.20. The van der Waals surface area contributed by atoms with E-state index in [1.165, 1.54) is 11.8 Å². The van der Waals surface area contributed by atoms with E-state index in [4.69, 9.17) is 4.74 Å². The molecule has 4 rings (SSSR count). The Kier molecular flexibility index (Phi) is 6.87. The highest BCUT2D eigenvalue weighted by Gasteiger charge is 2.26. The summed E-state index contributed by atoms with van der Waals surface area (Å²) in [5.41, 5.74) is 2.47. The molecule has 1 heterocycles. The first-order valence-electron chi connectivity index (χ1n) is 10.4. The lowest BCUT2D eigenvalue weighted by molar-refractivity contribution is -0.115. The molecule has 0 fully saturated rings. The number of aryl methyl sites for hydroxylation is 1. The SMILES string of the molecule is CCOc1ccccc1NC(=O)[C@H](Sc1nnc(C)n1-c1ccccc1)c1ccccc1. The molecule has 3 aromatic carbocycles. The maximum Gasteiger partial charge on any atom is 0.242 e. The van der Waals surface area contributed by atoms with E-state index in [0.717, 1.165) is 17.1 Å². The summed E-state index contributed by atoms with van der Waals surface area (Å²) in [5.74, 6) is 1.24. The highest BCUT2D eigenvalue weighted by molar-refractivity contribution is 8.00. The summed E-state index contributed by atoms with van der Waals surface area (Å²) in [6.45, 7) is 4.34. The fourth-order valence-electron chi connectivity index (χ4n) is 3.35. The van der Waals surface area contributed by atoms with E-state index in [1.54, 1.807) is 0 Å². The molecule has 1 N–H and O–H groups in total. The van der Waals surface area contributed by atoms with Crippen molar-refractivity contribution in [1.29, 1.82) is 0 Å².